The van der Waals surface area contributed by atoms with Gasteiger partial charge in [0.05, 0.1) is 0 Å². The number of carbonyl (C=O) groups excluding carboxylic acids is 1. The molecule has 2 heterocycles. The zero-order chi connectivity index (χ0) is 13.8. The van der Waals surface area contributed by atoms with Gasteiger partial charge in [0.25, 0.3) is 5.91 Å². The zero-order valence-corrected chi connectivity index (χ0v) is 11.6. The predicted octanol–water partition coefficient (Wildman–Crippen LogP) is 2.31. The van der Waals surface area contributed by atoms with E-state index < -0.39 is 0 Å². The molecule has 0 saturated heterocycles. The molecule has 0 aromatic carbocycles. The number of H-pyrrole nitrogens is 1. The van der Waals surface area contributed by atoms with Crippen LogP contribution in [0.25, 0.3) is 0 Å². The van der Waals surface area contributed by atoms with Gasteiger partial charge in [0, 0.05) is 24.1 Å². The first-order chi connectivity index (χ1) is 9.06. The topological polar surface area (TPSA) is 57.8 Å². The van der Waals surface area contributed by atoms with Crippen LogP contribution in [0.5, 0.6) is 0 Å². The van der Waals surface area contributed by atoms with E-state index in [-0.39, 0.29) is 5.91 Å². The molecule has 0 saturated carbocycles. The van der Waals surface area contributed by atoms with Crippen molar-refractivity contribution in [2.75, 3.05) is 6.54 Å². The van der Waals surface area contributed by atoms with Crippen LogP contribution in [-0.4, -0.2) is 22.4 Å². The Morgan fingerprint density at radius 3 is 2.68 bits per heavy atom. The minimum atomic E-state index is -0.0503. The minimum Gasteiger partial charge on any atom is -0.354 e. The SMILES string of the molecule is Cc1ccc(CCNC(=O)c2[nH]c(C)cc2C)cn1. The van der Waals surface area contributed by atoms with E-state index in [1.165, 1.54) is 0 Å². The predicted molar refractivity (Wildman–Crippen MR) is 75.3 cm³/mol. The van der Waals surface area contributed by atoms with Gasteiger partial charge in [-0.3, -0.25) is 9.78 Å². The number of nitrogens with zero attached hydrogens (tertiary/aromatic N) is 1. The second kappa shape index (κ2) is 5.69. The molecule has 0 aliphatic rings. The number of carbonyl (C=O) groups is 1. The van der Waals surface area contributed by atoms with Gasteiger partial charge >= 0.3 is 0 Å². The Balaban J connectivity index is 1.87. The monoisotopic (exact) mass is 257 g/mol. The first-order valence-electron chi connectivity index (χ1n) is 6.42. The maximum absolute atomic E-state index is 12.0. The van der Waals surface area contributed by atoms with Gasteiger partial charge in [-0.1, -0.05) is 6.07 Å². The molecule has 0 spiro atoms. The molecule has 4 nitrogen and oxygen atoms in total. The number of aromatic amines is 1. The van der Waals surface area contributed by atoms with Crippen LogP contribution < -0.4 is 5.32 Å². The molecule has 0 radical (unpaired) electrons. The van der Waals surface area contributed by atoms with Gasteiger partial charge in [0.15, 0.2) is 0 Å². The van der Waals surface area contributed by atoms with Crippen molar-refractivity contribution in [3.05, 3.63) is 52.6 Å². The second-order valence-electron chi connectivity index (χ2n) is 4.82. The molecular weight excluding hydrogens is 238 g/mol. The van der Waals surface area contributed by atoms with E-state index in [1.54, 1.807) is 0 Å². The summed E-state index contributed by atoms with van der Waals surface area (Å²) in [4.78, 5) is 19.3. The number of amides is 1. The Morgan fingerprint density at radius 1 is 1.32 bits per heavy atom. The number of hydrogen-bond donors (Lipinski definition) is 2. The summed E-state index contributed by atoms with van der Waals surface area (Å²) in [5.41, 5.74) is 4.77. The molecule has 2 aromatic heterocycles. The maximum atomic E-state index is 12.0. The molecular formula is C15H19N3O. The number of aromatic nitrogens is 2. The standard InChI is InChI=1S/C15H19N3O/c1-10-8-12(3)18-14(10)15(19)16-7-6-13-5-4-11(2)17-9-13/h4-5,8-9,18H,6-7H2,1-3H3,(H,16,19). The van der Waals surface area contributed by atoms with Crippen LogP contribution in [0.3, 0.4) is 0 Å². The normalized spacial score (nSPS) is 10.5. The van der Waals surface area contributed by atoms with Gasteiger partial charge in [0.2, 0.25) is 0 Å². The highest BCUT2D eigenvalue weighted by molar-refractivity contribution is 5.93. The summed E-state index contributed by atoms with van der Waals surface area (Å²) >= 11 is 0. The van der Waals surface area contributed by atoms with Crippen LogP contribution in [-0.2, 0) is 6.42 Å². The summed E-state index contributed by atoms with van der Waals surface area (Å²) < 4.78 is 0. The van der Waals surface area contributed by atoms with E-state index >= 15 is 0 Å². The third-order valence-corrected chi connectivity index (χ3v) is 3.05. The molecule has 0 aliphatic heterocycles. The number of nitrogens with one attached hydrogen (secondary N) is 2. The summed E-state index contributed by atoms with van der Waals surface area (Å²) in [6.07, 6.45) is 2.64. The highest BCUT2D eigenvalue weighted by atomic mass is 16.1. The highest BCUT2D eigenvalue weighted by Gasteiger charge is 2.10. The van der Waals surface area contributed by atoms with Crippen LogP contribution in [0.15, 0.2) is 24.4 Å². The molecule has 4 heteroatoms. The molecule has 100 valence electrons. The van der Waals surface area contributed by atoms with Crippen molar-refractivity contribution < 1.29 is 4.79 Å². The average molecular weight is 257 g/mol. The lowest BCUT2D eigenvalue weighted by molar-refractivity contribution is 0.0949. The molecule has 0 unspecified atom stereocenters. The van der Waals surface area contributed by atoms with E-state index in [4.69, 9.17) is 0 Å². The molecule has 2 N–H and O–H groups in total. The van der Waals surface area contributed by atoms with Gasteiger partial charge in [-0.05, 0) is 50.5 Å². The van der Waals surface area contributed by atoms with Crippen molar-refractivity contribution >= 4 is 5.91 Å². The summed E-state index contributed by atoms with van der Waals surface area (Å²) in [6.45, 7) is 6.45. The fourth-order valence-corrected chi connectivity index (χ4v) is 2.02. The Kier molecular flexibility index (Phi) is 4.00. The van der Waals surface area contributed by atoms with Crippen LogP contribution >= 0.6 is 0 Å². The van der Waals surface area contributed by atoms with Crippen molar-refractivity contribution in [3.8, 4) is 0 Å². The third kappa shape index (κ3) is 3.44. The quantitative estimate of drug-likeness (QED) is 0.883. The Morgan fingerprint density at radius 2 is 2.11 bits per heavy atom. The molecule has 0 atom stereocenters. The Labute approximate surface area is 113 Å². The average Bonchev–Trinajstić information content (AvgIpc) is 2.71. The van der Waals surface area contributed by atoms with Crippen LogP contribution in [0.2, 0.25) is 0 Å². The minimum absolute atomic E-state index is 0.0503. The van der Waals surface area contributed by atoms with Crippen LogP contribution in [0.4, 0.5) is 0 Å². The molecule has 2 rings (SSSR count). The van der Waals surface area contributed by atoms with Crippen molar-refractivity contribution in [2.45, 2.75) is 27.2 Å². The Hall–Kier alpha value is -2.10. The number of pyridine rings is 1. The summed E-state index contributed by atoms with van der Waals surface area (Å²) in [6, 6.07) is 5.99. The molecule has 0 fully saturated rings. The van der Waals surface area contributed by atoms with E-state index in [9.17, 15) is 4.79 Å². The van der Waals surface area contributed by atoms with Gasteiger partial charge in [-0.15, -0.1) is 0 Å². The Bertz CT molecular complexity index is 570. The van der Waals surface area contributed by atoms with E-state index in [2.05, 4.69) is 15.3 Å². The van der Waals surface area contributed by atoms with Crippen molar-refractivity contribution in [1.82, 2.24) is 15.3 Å². The first kappa shape index (κ1) is 13.3. The zero-order valence-electron chi connectivity index (χ0n) is 11.6. The molecule has 0 aliphatic carbocycles. The third-order valence-electron chi connectivity index (χ3n) is 3.05. The van der Waals surface area contributed by atoms with E-state index in [0.29, 0.717) is 12.2 Å². The number of rotatable bonds is 4. The smallest absolute Gasteiger partial charge is 0.267 e. The lowest BCUT2D eigenvalue weighted by Gasteiger charge is -2.05. The summed E-state index contributed by atoms with van der Waals surface area (Å²) in [7, 11) is 0. The summed E-state index contributed by atoms with van der Waals surface area (Å²) in [5, 5.41) is 2.92. The van der Waals surface area contributed by atoms with E-state index in [0.717, 1.165) is 28.9 Å². The molecule has 2 aromatic rings. The highest BCUT2D eigenvalue weighted by Crippen LogP contribution is 2.08. The molecule has 19 heavy (non-hydrogen) atoms. The van der Waals surface area contributed by atoms with Crippen molar-refractivity contribution in [3.63, 3.8) is 0 Å². The van der Waals surface area contributed by atoms with Crippen molar-refractivity contribution in [1.29, 1.82) is 0 Å². The second-order valence-corrected chi connectivity index (χ2v) is 4.82. The first-order valence-corrected chi connectivity index (χ1v) is 6.42. The van der Waals surface area contributed by atoms with Crippen LogP contribution in [0, 0.1) is 20.8 Å². The number of hydrogen-bond acceptors (Lipinski definition) is 2. The van der Waals surface area contributed by atoms with Gasteiger partial charge in [-0.25, -0.2) is 0 Å². The fraction of sp³-hybridized carbons (Fsp3) is 0.333. The largest absolute Gasteiger partial charge is 0.354 e. The lowest BCUT2D eigenvalue weighted by atomic mass is 10.2. The fourth-order valence-electron chi connectivity index (χ4n) is 2.02. The maximum Gasteiger partial charge on any atom is 0.267 e. The van der Waals surface area contributed by atoms with E-state index in [1.807, 2.05) is 45.2 Å². The lowest BCUT2D eigenvalue weighted by Crippen LogP contribution is -2.26. The molecule has 1 amide bonds. The summed E-state index contributed by atoms with van der Waals surface area (Å²) in [5.74, 6) is -0.0503. The van der Waals surface area contributed by atoms with Gasteiger partial charge in [0.1, 0.15) is 5.69 Å². The number of aryl methyl sites for hydroxylation is 3. The van der Waals surface area contributed by atoms with Gasteiger partial charge < -0.3 is 10.3 Å². The molecule has 0 bridgehead atoms. The van der Waals surface area contributed by atoms with Crippen molar-refractivity contribution in [2.24, 2.45) is 0 Å². The van der Waals surface area contributed by atoms with Gasteiger partial charge in [-0.2, -0.15) is 0 Å². The van der Waals surface area contributed by atoms with Crippen LogP contribution in [0.1, 0.15) is 33.0 Å².